The summed E-state index contributed by atoms with van der Waals surface area (Å²) in [6.07, 6.45) is 6.18. The van der Waals surface area contributed by atoms with Gasteiger partial charge in [-0.2, -0.15) is 11.8 Å². The van der Waals surface area contributed by atoms with E-state index >= 15 is 0 Å². The van der Waals surface area contributed by atoms with Crippen molar-refractivity contribution in [1.29, 1.82) is 0 Å². The molecule has 1 saturated heterocycles. The molecular formula is C26H26N4S. The number of nitrogens with one attached hydrogen (secondary N) is 1. The van der Waals surface area contributed by atoms with Gasteiger partial charge in [0.1, 0.15) is 17.8 Å². The van der Waals surface area contributed by atoms with E-state index in [1.165, 1.54) is 35.3 Å². The Bertz CT molecular complexity index is 1180. The number of rotatable bonds is 7. The van der Waals surface area contributed by atoms with E-state index < -0.39 is 0 Å². The molecule has 3 heterocycles. The fraction of sp³-hybridized carbons (Fsp3) is 0.231. The predicted molar refractivity (Wildman–Crippen MR) is 133 cm³/mol. The number of anilines is 1. The van der Waals surface area contributed by atoms with Gasteiger partial charge in [-0.3, -0.25) is 0 Å². The lowest BCUT2D eigenvalue weighted by Gasteiger charge is -2.12. The molecule has 4 aromatic rings. The van der Waals surface area contributed by atoms with Gasteiger partial charge in [0.05, 0.1) is 11.1 Å². The Kier molecular flexibility index (Phi) is 5.76. The summed E-state index contributed by atoms with van der Waals surface area (Å²) >= 11 is 2.06. The Morgan fingerprint density at radius 1 is 1.03 bits per heavy atom. The zero-order valence-corrected chi connectivity index (χ0v) is 18.3. The molecule has 31 heavy (non-hydrogen) atoms. The van der Waals surface area contributed by atoms with Gasteiger partial charge in [0, 0.05) is 23.9 Å². The van der Waals surface area contributed by atoms with Crippen LogP contribution in [0.15, 0.2) is 79.6 Å². The third-order valence-electron chi connectivity index (χ3n) is 5.78. The summed E-state index contributed by atoms with van der Waals surface area (Å²) in [7, 11) is 0. The number of hydrogen-bond acceptors (Lipinski definition) is 4. The van der Waals surface area contributed by atoms with E-state index in [2.05, 4.69) is 88.9 Å². The van der Waals surface area contributed by atoms with Gasteiger partial charge in [-0.1, -0.05) is 66.7 Å². The van der Waals surface area contributed by atoms with Gasteiger partial charge in [0.25, 0.3) is 0 Å². The zero-order chi connectivity index (χ0) is 21.0. The summed E-state index contributed by atoms with van der Waals surface area (Å²) in [4.78, 5) is 9.42. The molecule has 2 aromatic carbocycles. The minimum Gasteiger partial charge on any atom is -0.368 e. The van der Waals surface area contributed by atoms with Gasteiger partial charge in [0.2, 0.25) is 0 Å². The number of aromatic nitrogens is 3. The third kappa shape index (κ3) is 3.86. The van der Waals surface area contributed by atoms with E-state index in [4.69, 9.17) is 9.97 Å². The van der Waals surface area contributed by atoms with E-state index in [-0.39, 0.29) is 0 Å². The molecule has 0 bridgehead atoms. The molecule has 5 rings (SSSR count). The average Bonchev–Trinajstić information content (AvgIpc) is 3.46. The summed E-state index contributed by atoms with van der Waals surface area (Å²) in [5, 5.41) is 5.39. The van der Waals surface area contributed by atoms with E-state index in [1.54, 1.807) is 6.33 Å². The molecule has 1 fully saturated rings. The Balaban J connectivity index is 1.76. The van der Waals surface area contributed by atoms with Crippen molar-refractivity contribution in [1.82, 2.24) is 14.5 Å². The second kappa shape index (κ2) is 8.98. The molecular weight excluding hydrogens is 400 g/mol. The van der Waals surface area contributed by atoms with Crippen LogP contribution in [0.1, 0.15) is 12.8 Å². The molecule has 1 atom stereocenters. The van der Waals surface area contributed by atoms with Gasteiger partial charge >= 0.3 is 0 Å². The number of fused-ring (bicyclic) bond motifs is 1. The van der Waals surface area contributed by atoms with Crippen LogP contribution < -0.4 is 5.32 Å². The smallest absolute Gasteiger partial charge is 0.146 e. The standard InChI is InChI=1S/C26H26N4S/c1-2-15-30-24(20-12-7-4-8-13-20)22(19-10-5-3-6-11-19)23-25(28-18-29-26(23)30)27-17-21-14-9-16-31-21/h2-8,10-13,18,21H,1,9,14-17H2,(H,27,28,29). The highest BCUT2D eigenvalue weighted by atomic mass is 32.2. The number of nitrogens with zero attached hydrogens (tertiary/aromatic N) is 3. The first kappa shape index (κ1) is 19.9. The molecule has 0 spiro atoms. The largest absolute Gasteiger partial charge is 0.368 e. The zero-order valence-electron chi connectivity index (χ0n) is 17.5. The van der Waals surface area contributed by atoms with E-state index in [0.29, 0.717) is 11.8 Å². The van der Waals surface area contributed by atoms with Crippen molar-refractivity contribution in [2.75, 3.05) is 17.6 Å². The third-order valence-corrected chi connectivity index (χ3v) is 7.18. The Hall–Kier alpha value is -3.05. The van der Waals surface area contributed by atoms with Crippen LogP contribution in [-0.2, 0) is 6.54 Å². The van der Waals surface area contributed by atoms with E-state index in [9.17, 15) is 0 Å². The van der Waals surface area contributed by atoms with Gasteiger partial charge in [-0.15, -0.1) is 6.58 Å². The van der Waals surface area contributed by atoms with Crippen molar-refractivity contribution >= 4 is 28.6 Å². The lowest BCUT2D eigenvalue weighted by atomic mass is 9.99. The molecule has 0 saturated carbocycles. The number of hydrogen-bond donors (Lipinski definition) is 1. The van der Waals surface area contributed by atoms with Crippen LogP contribution in [0.2, 0.25) is 0 Å². The quantitative estimate of drug-likeness (QED) is 0.354. The second-order valence-electron chi connectivity index (χ2n) is 7.79. The van der Waals surface area contributed by atoms with E-state index in [1.807, 2.05) is 6.08 Å². The highest BCUT2D eigenvalue weighted by Gasteiger charge is 2.24. The second-order valence-corrected chi connectivity index (χ2v) is 9.20. The molecule has 1 unspecified atom stereocenters. The van der Waals surface area contributed by atoms with Crippen LogP contribution in [0, 0.1) is 0 Å². The maximum Gasteiger partial charge on any atom is 0.146 e. The van der Waals surface area contributed by atoms with Gasteiger partial charge in [0.15, 0.2) is 0 Å². The van der Waals surface area contributed by atoms with Gasteiger partial charge in [-0.05, 0) is 29.7 Å². The monoisotopic (exact) mass is 426 g/mol. The molecule has 4 nitrogen and oxygen atoms in total. The number of allylic oxidation sites excluding steroid dienone is 1. The molecule has 5 heteroatoms. The molecule has 0 radical (unpaired) electrons. The van der Waals surface area contributed by atoms with E-state index in [0.717, 1.165) is 29.1 Å². The van der Waals surface area contributed by atoms with Crippen molar-refractivity contribution in [3.05, 3.63) is 79.6 Å². The summed E-state index contributed by atoms with van der Waals surface area (Å²) in [6, 6.07) is 21.1. The van der Waals surface area contributed by atoms with Gasteiger partial charge in [-0.25, -0.2) is 9.97 Å². The number of benzene rings is 2. The first-order chi connectivity index (χ1) is 15.4. The van der Waals surface area contributed by atoms with Crippen molar-refractivity contribution < 1.29 is 0 Å². The maximum atomic E-state index is 4.73. The summed E-state index contributed by atoms with van der Waals surface area (Å²) < 4.78 is 2.26. The molecule has 0 aliphatic carbocycles. The van der Waals surface area contributed by atoms with Crippen LogP contribution in [0.25, 0.3) is 33.4 Å². The summed E-state index contributed by atoms with van der Waals surface area (Å²) in [5.74, 6) is 2.17. The summed E-state index contributed by atoms with van der Waals surface area (Å²) in [5.41, 5.74) is 5.60. The molecule has 1 aliphatic heterocycles. The molecule has 2 aromatic heterocycles. The first-order valence-corrected chi connectivity index (χ1v) is 11.9. The van der Waals surface area contributed by atoms with Crippen LogP contribution in [0.3, 0.4) is 0 Å². The van der Waals surface area contributed by atoms with Crippen LogP contribution in [-0.4, -0.2) is 32.1 Å². The molecule has 1 aliphatic rings. The molecule has 156 valence electrons. The Morgan fingerprint density at radius 2 is 1.77 bits per heavy atom. The van der Waals surface area contributed by atoms with Crippen molar-refractivity contribution in [3.8, 4) is 22.4 Å². The average molecular weight is 427 g/mol. The van der Waals surface area contributed by atoms with Crippen LogP contribution in [0.4, 0.5) is 5.82 Å². The predicted octanol–water partition coefficient (Wildman–Crippen LogP) is 6.26. The minimum absolute atomic E-state index is 0.647. The lowest BCUT2D eigenvalue weighted by molar-refractivity contribution is 0.803. The highest BCUT2D eigenvalue weighted by molar-refractivity contribution is 8.00. The number of thioether (sulfide) groups is 1. The Labute approximate surface area is 187 Å². The van der Waals surface area contributed by atoms with Crippen LogP contribution >= 0.6 is 11.8 Å². The minimum atomic E-state index is 0.647. The fourth-order valence-corrected chi connectivity index (χ4v) is 5.61. The maximum absolute atomic E-state index is 4.73. The molecule has 1 N–H and O–H groups in total. The van der Waals surface area contributed by atoms with Gasteiger partial charge < -0.3 is 9.88 Å². The SMILES string of the molecule is C=CCn1c(-c2ccccc2)c(-c2ccccc2)c2c(NCC3CCCS3)ncnc21. The van der Waals surface area contributed by atoms with Crippen molar-refractivity contribution in [2.24, 2.45) is 0 Å². The Morgan fingerprint density at radius 3 is 2.45 bits per heavy atom. The highest BCUT2D eigenvalue weighted by Crippen LogP contribution is 2.42. The summed E-state index contributed by atoms with van der Waals surface area (Å²) in [6.45, 7) is 5.62. The normalized spacial score (nSPS) is 15.9. The lowest BCUT2D eigenvalue weighted by Crippen LogP contribution is -2.14. The first-order valence-electron chi connectivity index (χ1n) is 10.8. The topological polar surface area (TPSA) is 42.7 Å². The fourth-order valence-electron chi connectivity index (χ4n) is 4.41. The van der Waals surface area contributed by atoms with Crippen LogP contribution in [0.5, 0.6) is 0 Å². The molecule has 0 amide bonds. The van der Waals surface area contributed by atoms with Crippen molar-refractivity contribution in [3.63, 3.8) is 0 Å². The van der Waals surface area contributed by atoms with Crippen molar-refractivity contribution in [2.45, 2.75) is 24.6 Å².